The number of rotatable bonds is 6. The van der Waals surface area contributed by atoms with Crippen molar-refractivity contribution in [2.45, 2.75) is 6.54 Å². The minimum atomic E-state index is -0.297. The van der Waals surface area contributed by atoms with Crippen LogP contribution >= 0.6 is 0 Å². The molecule has 1 heterocycles. The number of benzene rings is 3. The maximum Gasteiger partial charge on any atom is 0.323 e. The van der Waals surface area contributed by atoms with Gasteiger partial charge in [0.25, 0.3) is 0 Å². The van der Waals surface area contributed by atoms with Crippen molar-refractivity contribution >= 4 is 23.1 Å². The average molecular weight is 417 g/mol. The molecule has 0 saturated carbocycles. The first-order chi connectivity index (χ1) is 15.2. The third-order valence-corrected chi connectivity index (χ3v) is 5.47. The topological polar surface area (TPSA) is 56.8 Å². The van der Waals surface area contributed by atoms with Gasteiger partial charge in [-0.2, -0.15) is 0 Å². The summed E-state index contributed by atoms with van der Waals surface area (Å²) in [4.78, 5) is 17.2. The van der Waals surface area contributed by atoms with Gasteiger partial charge in [-0.05, 0) is 42.0 Å². The van der Waals surface area contributed by atoms with E-state index in [1.807, 2.05) is 30.3 Å². The summed E-state index contributed by atoms with van der Waals surface area (Å²) in [7, 11) is 1.58. The molecule has 2 amide bonds. The number of urea groups is 1. The van der Waals surface area contributed by atoms with Gasteiger partial charge in [0.1, 0.15) is 5.75 Å². The quantitative estimate of drug-likeness (QED) is 0.614. The van der Waals surface area contributed by atoms with Crippen molar-refractivity contribution in [1.82, 2.24) is 4.90 Å². The molecule has 6 nitrogen and oxygen atoms in total. The lowest BCUT2D eigenvalue weighted by Gasteiger charge is -2.36. The largest absolute Gasteiger partial charge is 0.495 e. The number of methoxy groups -OCH3 is 1. The zero-order valence-corrected chi connectivity index (χ0v) is 17.8. The Kier molecular flexibility index (Phi) is 6.69. The highest BCUT2D eigenvalue weighted by Gasteiger charge is 2.17. The first-order valence-corrected chi connectivity index (χ1v) is 10.5. The van der Waals surface area contributed by atoms with Crippen LogP contribution in [-0.4, -0.2) is 44.2 Å². The van der Waals surface area contributed by atoms with Crippen molar-refractivity contribution in [2.75, 3.05) is 48.8 Å². The fraction of sp³-hybridized carbons (Fsp3) is 0.240. The van der Waals surface area contributed by atoms with E-state index in [-0.39, 0.29) is 6.03 Å². The summed E-state index contributed by atoms with van der Waals surface area (Å²) < 4.78 is 5.27. The van der Waals surface area contributed by atoms with Gasteiger partial charge in [-0.25, -0.2) is 4.79 Å². The van der Waals surface area contributed by atoms with Crippen LogP contribution in [0.1, 0.15) is 5.56 Å². The second kappa shape index (κ2) is 10.00. The van der Waals surface area contributed by atoms with Crippen LogP contribution in [0.5, 0.6) is 5.75 Å². The van der Waals surface area contributed by atoms with Crippen molar-refractivity contribution in [3.63, 3.8) is 0 Å². The molecule has 160 valence electrons. The number of piperazine rings is 1. The Bertz CT molecular complexity index is 984. The van der Waals surface area contributed by atoms with E-state index < -0.39 is 0 Å². The molecular weight excluding hydrogens is 388 g/mol. The molecule has 0 atom stereocenters. The average Bonchev–Trinajstić information content (AvgIpc) is 2.82. The zero-order valence-electron chi connectivity index (χ0n) is 17.8. The fourth-order valence-electron chi connectivity index (χ4n) is 3.79. The van der Waals surface area contributed by atoms with Gasteiger partial charge in [0.05, 0.1) is 12.8 Å². The van der Waals surface area contributed by atoms with Gasteiger partial charge in [0.2, 0.25) is 0 Å². The van der Waals surface area contributed by atoms with Crippen LogP contribution in [0.25, 0.3) is 0 Å². The van der Waals surface area contributed by atoms with Crippen molar-refractivity contribution in [3.05, 3.63) is 84.4 Å². The molecule has 0 aromatic heterocycles. The highest BCUT2D eigenvalue weighted by Crippen LogP contribution is 2.23. The molecule has 2 N–H and O–H groups in total. The molecule has 1 aliphatic heterocycles. The summed E-state index contributed by atoms with van der Waals surface area (Å²) in [6, 6.07) is 25.6. The smallest absolute Gasteiger partial charge is 0.323 e. The van der Waals surface area contributed by atoms with E-state index in [0.29, 0.717) is 11.4 Å². The zero-order chi connectivity index (χ0) is 21.5. The molecule has 1 fully saturated rings. The summed E-state index contributed by atoms with van der Waals surface area (Å²) in [5, 5.41) is 5.69. The molecule has 0 aliphatic carbocycles. The monoisotopic (exact) mass is 416 g/mol. The maximum absolute atomic E-state index is 12.3. The number of hydrogen-bond donors (Lipinski definition) is 2. The Morgan fingerprint density at radius 1 is 0.839 bits per heavy atom. The third kappa shape index (κ3) is 5.55. The predicted octanol–water partition coefficient (Wildman–Crippen LogP) is 4.66. The summed E-state index contributed by atoms with van der Waals surface area (Å²) in [5.74, 6) is 0.625. The van der Waals surface area contributed by atoms with Crippen LogP contribution in [0.3, 0.4) is 0 Å². The standard InChI is InChI=1S/C25H28N4O2/c1-31-24-10-6-5-9-23(24)27-25(30)26-21-13-11-20(12-14-21)19-28-15-17-29(18-16-28)22-7-3-2-4-8-22/h2-14H,15-19H2,1H3,(H2,26,27,30). The minimum Gasteiger partial charge on any atom is -0.495 e. The fourth-order valence-corrected chi connectivity index (χ4v) is 3.79. The van der Waals surface area contributed by atoms with Crippen molar-refractivity contribution in [3.8, 4) is 5.75 Å². The number of hydrogen-bond acceptors (Lipinski definition) is 4. The SMILES string of the molecule is COc1ccccc1NC(=O)Nc1ccc(CN2CCN(c3ccccc3)CC2)cc1. The van der Waals surface area contributed by atoms with Crippen LogP contribution in [0.15, 0.2) is 78.9 Å². The second-order valence-corrected chi connectivity index (χ2v) is 7.58. The van der Waals surface area contributed by atoms with Gasteiger partial charge in [-0.1, -0.05) is 42.5 Å². The van der Waals surface area contributed by atoms with Gasteiger partial charge in [0, 0.05) is 44.1 Å². The Hall–Kier alpha value is -3.51. The van der Waals surface area contributed by atoms with E-state index in [1.165, 1.54) is 11.3 Å². The molecule has 0 unspecified atom stereocenters. The number of carbonyl (C=O) groups excluding carboxylic acids is 1. The molecule has 0 radical (unpaired) electrons. The van der Waals surface area contributed by atoms with Gasteiger partial charge in [0.15, 0.2) is 0 Å². The molecule has 0 bridgehead atoms. The lowest BCUT2D eigenvalue weighted by atomic mass is 10.1. The molecule has 6 heteroatoms. The first-order valence-electron chi connectivity index (χ1n) is 10.5. The number of anilines is 3. The third-order valence-electron chi connectivity index (χ3n) is 5.47. The highest BCUT2D eigenvalue weighted by atomic mass is 16.5. The number of nitrogens with one attached hydrogen (secondary N) is 2. The Balaban J connectivity index is 1.26. The molecule has 1 saturated heterocycles. The number of amides is 2. The van der Waals surface area contributed by atoms with E-state index in [1.54, 1.807) is 13.2 Å². The summed E-state index contributed by atoms with van der Waals surface area (Å²) in [6.45, 7) is 5.06. The number of ether oxygens (including phenoxy) is 1. The van der Waals surface area contributed by atoms with E-state index in [2.05, 4.69) is 62.9 Å². The van der Waals surface area contributed by atoms with E-state index in [0.717, 1.165) is 38.4 Å². The number of nitrogens with zero attached hydrogens (tertiary/aromatic N) is 2. The molecule has 1 aliphatic rings. The first kappa shape index (κ1) is 20.8. The molecule has 3 aromatic carbocycles. The summed E-state index contributed by atoms with van der Waals surface area (Å²) in [5.41, 5.74) is 3.92. The van der Waals surface area contributed by atoms with Crippen LogP contribution in [0.2, 0.25) is 0 Å². The van der Waals surface area contributed by atoms with E-state index in [9.17, 15) is 4.79 Å². The van der Waals surface area contributed by atoms with Crippen LogP contribution < -0.4 is 20.3 Å². The second-order valence-electron chi connectivity index (χ2n) is 7.58. The van der Waals surface area contributed by atoms with Gasteiger partial charge >= 0.3 is 6.03 Å². The van der Waals surface area contributed by atoms with E-state index >= 15 is 0 Å². The van der Waals surface area contributed by atoms with Crippen LogP contribution in [0, 0.1) is 0 Å². The molecule has 0 spiro atoms. The number of carbonyl (C=O) groups is 1. The summed E-state index contributed by atoms with van der Waals surface area (Å²) >= 11 is 0. The predicted molar refractivity (Wildman–Crippen MR) is 126 cm³/mol. The lowest BCUT2D eigenvalue weighted by Crippen LogP contribution is -2.45. The Morgan fingerprint density at radius 2 is 1.52 bits per heavy atom. The molecular formula is C25H28N4O2. The van der Waals surface area contributed by atoms with Crippen molar-refractivity contribution < 1.29 is 9.53 Å². The van der Waals surface area contributed by atoms with Crippen LogP contribution in [-0.2, 0) is 6.54 Å². The van der Waals surface area contributed by atoms with Gasteiger partial charge < -0.3 is 20.3 Å². The Morgan fingerprint density at radius 3 is 2.23 bits per heavy atom. The molecule has 31 heavy (non-hydrogen) atoms. The minimum absolute atomic E-state index is 0.297. The number of para-hydroxylation sites is 3. The van der Waals surface area contributed by atoms with Gasteiger partial charge in [-0.3, -0.25) is 4.90 Å². The highest BCUT2D eigenvalue weighted by molar-refractivity contribution is 6.00. The van der Waals surface area contributed by atoms with Crippen LogP contribution in [0.4, 0.5) is 21.9 Å². The summed E-state index contributed by atoms with van der Waals surface area (Å²) in [6.07, 6.45) is 0. The van der Waals surface area contributed by atoms with Crippen molar-refractivity contribution in [2.24, 2.45) is 0 Å². The Labute approximate surface area is 183 Å². The maximum atomic E-state index is 12.3. The van der Waals surface area contributed by atoms with Gasteiger partial charge in [-0.15, -0.1) is 0 Å². The normalized spacial score (nSPS) is 14.2. The lowest BCUT2D eigenvalue weighted by molar-refractivity contribution is 0.250. The molecule has 3 aromatic rings. The van der Waals surface area contributed by atoms with Crippen molar-refractivity contribution in [1.29, 1.82) is 0 Å². The molecule has 4 rings (SSSR count). The van der Waals surface area contributed by atoms with E-state index in [4.69, 9.17) is 4.74 Å².